The molecule has 0 aliphatic rings. The average Bonchev–Trinajstić information content (AvgIpc) is 2.66. The first-order valence-electron chi connectivity index (χ1n) is 8.50. The first kappa shape index (κ1) is 19.5. The number of aromatic amines is 1. The van der Waals surface area contributed by atoms with E-state index in [2.05, 4.69) is 15.3 Å². The fourth-order valence-corrected chi connectivity index (χ4v) is 3.64. The lowest BCUT2D eigenvalue weighted by Crippen LogP contribution is -2.20. The van der Waals surface area contributed by atoms with Crippen LogP contribution in [-0.4, -0.2) is 23.0 Å². The van der Waals surface area contributed by atoms with Crippen LogP contribution in [0, 0.1) is 6.92 Å². The number of hydrogen-bond donors (Lipinski definition) is 3. The van der Waals surface area contributed by atoms with Gasteiger partial charge in [-0.1, -0.05) is 48.2 Å². The summed E-state index contributed by atoms with van der Waals surface area (Å²) in [6.45, 7) is 1.93. The summed E-state index contributed by atoms with van der Waals surface area (Å²) in [5, 5.41) is 2.53. The Bertz CT molecular complexity index is 1040. The van der Waals surface area contributed by atoms with Gasteiger partial charge in [0.15, 0.2) is 5.16 Å². The Labute approximate surface area is 166 Å². The van der Waals surface area contributed by atoms with Gasteiger partial charge in [0.05, 0.1) is 12.8 Å². The number of aryl methyl sites for hydroxylation is 1. The van der Waals surface area contributed by atoms with E-state index >= 15 is 0 Å². The second-order valence-corrected chi connectivity index (χ2v) is 7.17. The Morgan fingerprint density at radius 1 is 1.21 bits per heavy atom. The monoisotopic (exact) mass is 396 g/mol. The van der Waals surface area contributed by atoms with Crippen LogP contribution in [0.5, 0.6) is 5.75 Å². The lowest BCUT2D eigenvalue weighted by Gasteiger charge is -2.18. The van der Waals surface area contributed by atoms with E-state index in [-0.39, 0.29) is 22.4 Å². The number of amides is 1. The predicted molar refractivity (Wildman–Crippen MR) is 111 cm³/mol. The predicted octanol–water partition coefficient (Wildman–Crippen LogP) is 3.14. The van der Waals surface area contributed by atoms with Crippen molar-refractivity contribution in [2.45, 2.75) is 17.3 Å². The third-order valence-electron chi connectivity index (χ3n) is 3.92. The van der Waals surface area contributed by atoms with Crippen LogP contribution >= 0.6 is 11.8 Å². The minimum atomic E-state index is -0.656. The molecule has 0 fully saturated rings. The third-order valence-corrected chi connectivity index (χ3v) is 5.06. The molecule has 4 N–H and O–H groups in total. The van der Waals surface area contributed by atoms with E-state index in [4.69, 9.17) is 10.5 Å². The van der Waals surface area contributed by atoms with Crippen molar-refractivity contribution < 1.29 is 9.53 Å². The quantitative estimate of drug-likeness (QED) is 0.436. The topological polar surface area (TPSA) is 110 Å². The van der Waals surface area contributed by atoms with Gasteiger partial charge >= 0.3 is 0 Å². The normalized spacial score (nSPS) is 11.6. The number of nitrogens with one attached hydrogen (secondary N) is 2. The fourth-order valence-electron chi connectivity index (χ4n) is 2.64. The summed E-state index contributed by atoms with van der Waals surface area (Å²) >= 11 is 1.12. The van der Waals surface area contributed by atoms with Crippen molar-refractivity contribution in [1.82, 2.24) is 9.97 Å². The highest BCUT2D eigenvalue weighted by molar-refractivity contribution is 8.00. The highest BCUT2D eigenvalue weighted by Crippen LogP contribution is 2.35. The smallest absolute Gasteiger partial charge is 0.253 e. The van der Waals surface area contributed by atoms with Crippen LogP contribution in [0.15, 0.2) is 64.5 Å². The number of carbonyl (C=O) groups is 1. The zero-order chi connectivity index (χ0) is 20.1. The van der Waals surface area contributed by atoms with E-state index in [1.54, 1.807) is 13.2 Å². The number of anilines is 2. The van der Waals surface area contributed by atoms with Crippen LogP contribution < -0.4 is 21.3 Å². The number of hydrogen-bond acceptors (Lipinski definition) is 6. The Morgan fingerprint density at radius 2 is 1.96 bits per heavy atom. The minimum Gasteiger partial charge on any atom is -0.495 e. The molecule has 0 aliphatic heterocycles. The molecule has 0 saturated heterocycles. The fraction of sp³-hybridized carbons (Fsp3) is 0.150. The number of H-pyrrole nitrogens is 1. The van der Waals surface area contributed by atoms with Gasteiger partial charge in [0.1, 0.15) is 16.8 Å². The molecule has 3 aromatic rings. The van der Waals surface area contributed by atoms with Gasteiger partial charge in [-0.2, -0.15) is 0 Å². The van der Waals surface area contributed by atoms with Gasteiger partial charge in [0.2, 0.25) is 5.91 Å². The van der Waals surface area contributed by atoms with Crippen molar-refractivity contribution >= 4 is 29.2 Å². The number of ether oxygens (including phenoxy) is 1. The minimum absolute atomic E-state index is 0.0961. The summed E-state index contributed by atoms with van der Waals surface area (Å²) in [5.74, 6) is 0.384. The molecule has 2 aromatic carbocycles. The van der Waals surface area contributed by atoms with Gasteiger partial charge in [-0.3, -0.25) is 9.59 Å². The maximum Gasteiger partial charge on any atom is 0.253 e. The van der Waals surface area contributed by atoms with E-state index in [0.29, 0.717) is 11.4 Å². The van der Waals surface area contributed by atoms with Crippen LogP contribution in [0.1, 0.15) is 16.4 Å². The van der Waals surface area contributed by atoms with E-state index in [1.807, 2.05) is 49.4 Å². The molecular weight excluding hydrogens is 376 g/mol. The molecule has 8 heteroatoms. The molecule has 1 atom stereocenters. The summed E-state index contributed by atoms with van der Waals surface area (Å²) in [6, 6.07) is 16.0. The summed E-state index contributed by atoms with van der Waals surface area (Å²) in [4.78, 5) is 31.6. The standard InChI is InChI=1S/C20H20N4O3S/c1-12-8-9-15(27-2)14(10-12)22-19(26)18(13-6-4-3-5-7-13)28-20-23-16(21)11-17(25)24-20/h3-11,18H,1-2H3,(H,22,26)(H3,21,23,24,25)/t18-/m1/s1. The SMILES string of the molecule is COc1ccc(C)cc1NC(=O)[C@H](Sc1nc(N)cc(=O)[nH]1)c1ccccc1. The molecular formula is C20H20N4O3S. The lowest BCUT2D eigenvalue weighted by atomic mass is 10.1. The van der Waals surface area contributed by atoms with Gasteiger partial charge in [0, 0.05) is 6.07 Å². The average molecular weight is 396 g/mol. The number of thioether (sulfide) groups is 1. The molecule has 1 amide bonds. The first-order valence-corrected chi connectivity index (χ1v) is 9.38. The van der Waals surface area contributed by atoms with E-state index in [1.165, 1.54) is 6.07 Å². The zero-order valence-corrected chi connectivity index (χ0v) is 16.2. The molecule has 0 aliphatic carbocycles. The maximum absolute atomic E-state index is 13.1. The Balaban J connectivity index is 1.94. The number of nitrogen functional groups attached to an aromatic ring is 1. The number of nitrogens with zero attached hydrogens (tertiary/aromatic N) is 1. The molecule has 28 heavy (non-hydrogen) atoms. The summed E-state index contributed by atoms with van der Waals surface area (Å²) in [6.07, 6.45) is 0. The third kappa shape index (κ3) is 4.72. The van der Waals surface area contributed by atoms with E-state index in [0.717, 1.165) is 22.9 Å². The molecule has 0 spiro atoms. The van der Waals surface area contributed by atoms with Crippen molar-refractivity contribution in [3.05, 3.63) is 76.1 Å². The molecule has 0 unspecified atom stereocenters. The van der Waals surface area contributed by atoms with Crippen molar-refractivity contribution in [3.63, 3.8) is 0 Å². The van der Waals surface area contributed by atoms with E-state index in [9.17, 15) is 9.59 Å². The molecule has 1 heterocycles. The molecule has 0 radical (unpaired) electrons. The Morgan fingerprint density at radius 3 is 2.64 bits per heavy atom. The maximum atomic E-state index is 13.1. The largest absolute Gasteiger partial charge is 0.495 e. The number of nitrogens with two attached hydrogens (primary N) is 1. The van der Waals surface area contributed by atoms with Crippen molar-refractivity contribution in [2.75, 3.05) is 18.2 Å². The van der Waals surface area contributed by atoms with Crippen LogP contribution in [0.2, 0.25) is 0 Å². The van der Waals surface area contributed by atoms with Gasteiger partial charge in [-0.05, 0) is 30.2 Å². The second kappa shape index (κ2) is 8.62. The highest BCUT2D eigenvalue weighted by atomic mass is 32.2. The molecule has 7 nitrogen and oxygen atoms in total. The van der Waals surface area contributed by atoms with Gasteiger partial charge < -0.3 is 20.8 Å². The first-order chi connectivity index (χ1) is 13.5. The summed E-state index contributed by atoms with van der Waals surface area (Å²) in [5.41, 5.74) is 7.62. The number of methoxy groups -OCH3 is 1. The number of rotatable bonds is 6. The molecule has 3 rings (SSSR count). The molecule has 0 bridgehead atoms. The molecule has 0 saturated carbocycles. The Hall–Kier alpha value is -3.26. The number of carbonyl (C=O) groups excluding carboxylic acids is 1. The number of aromatic nitrogens is 2. The molecule has 144 valence electrons. The summed E-state index contributed by atoms with van der Waals surface area (Å²) in [7, 11) is 1.55. The Kier molecular flexibility index (Phi) is 6.00. The van der Waals surface area contributed by atoms with Crippen molar-refractivity contribution in [1.29, 1.82) is 0 Å². The second-order valence-electron chi connectivity index (χ2n) is 6.08. The summed E-state index contributed by atoms with van der Waals surface area (Å²) < 4.78 is 5.34. The lowest BCUT2D eigenvalue weighted by molar-refractivity contribution is -0.115. The molecule has 1 aromatic heterocycles. The van der Waals surface area contributed by atoms with Gasteiger partial charge in [0.25, 0.3) is 5.56 Å². The zero-order valence-electron chi connectivity index (χ0n) is 15.4. The van der Waals surface area contributed by atoms with Gasteiger partial charge in [-0.25, -0.2) is 4.98 Å². The van der Waals surface area contributed by atoms with Crippen molar-refractivity contribution in [2.24, 2.45) is 0 Å². The van der Waals surface area contributed by atoms with Crippen molar-refractivity contribution in [3.8, 4) is 5.75 Å². The van der Waals surface area contributed by atoms with E-state index < -0.39 is 5.25 Å². The highest BCUT2D eigenvalue weighted by Gasteiger charge is 2.24. The number of benzene rings is 2. The van der Waals surface area contributed by atoms with Crippen LogP contribution in [0.4, 0.5) is 11.5 Å². The van der Waals surface area contributed by atoms with Crippen LogP contribution in [0.25, 0.3) is 0 Å². The van der Waals surface area contributed by atoms with Crippen LogP contribution in [-0.2, 0) is 4.79 Å². The van der Waals surface area contributed by atoms with Gasteiger partial charge in [-0.15, -0.1) is 0 Å². The van der Waals surface area contributed by atoms with Crippen LogP contribution in [0.3, 0.4) is 0 Å².